The zero-order valence-corrected chi connectivity index (χ0v) is 12.0. The van der Waals surface area contributed by atoms with Gasteiger partial charge in [0.15, 0.2) is 0 Å². The van der Waals surface area contributed by atoms with E-state index < -0.39 is 11.9 Å². The van der Waals surface area contributed by atoms with Crippen LogP contribution in [0, 0.1) is 6.92 Å². The molecule has 18 heavy (non-hydrogen) atoms. The lowest BCUT2D eigenvalue weighted by Crippen LogP contribution is -2.43. The first-order chi connectivity index (χ1) is 7.91. The summed E-state index contributed by atoms with van der Waals surface area (Å²) in [6.45, 7) is 2.50. The van der Waals surface area contributed by atoms with Crippen molar-refractivity contribution in [3.8, 4) is 0 Å². The Morgan fingerprint density at radius 2 is 2.11 bits per heavy atom. The molecule has 7 heteroatoms. The van der Waals surface area contributed by atoms with Crippen LogP contribution in [-0.4, -0.2) is 29.8 Å². The second-order valence-corrected chi connectivity index (χ2v) is 5.00. The summed E-state index contributed by atoms with van der Waals surface area (Å²) in [6.07, 6.45) is -0.118. The number of nitrogens with two attached hydrogens (primary N) is 2. The summed E-state index contributed by atoms with van der Waals surface area (Å²) in [5.74, 6) is -0.830. The van der Waals surface area contributed by atoms with Gasteiger partial charge >= 0.3 is 0 Å². The number of aryl methyl sites for hydroxylation is 1. The Kier molecular flexibility index (Phi) is 6.90. The fourth-order valence-electron chi connectivity index (χ4n) is 1.45. The number of nitrogens with zero attached hydrogens (tertiary/aromatic N) is 1. The number of hydrogen-bond acceptors (Lipinski definition) is 4. The molecular weight excluding hydrogens is 274 g/mol. The normalized spacial score (nSPS) is 11.5. The van der Waals surface area contributed by atoms with E-state index in [9.17, 15) is 9.59 Å². The summed E-state index contributed by atoms with van der Waals surface area (Å²) in [6, 6.07) is 1.15. The van der Waals surface area contributed by atoms with E-state index in [1.807, 2.05) is 18.4 Å². The van der Waals surface area contributed by atoms with Crippen LogP contribution in [0.4, 0.5) is 0 Å². The lowest BCUT2D eigenvalue weighted by molar-refractivity contribution is -0.133. The molecule has 0 saturated heterocycles. The summed E-state index contributed by atoms with van der Waals surface area (Å²) in [5.41, 5.74) is 11.8. The number of carbonyl (C=O) groups excluding carboxylic acids is 2. The largest absolute Gasteiger partial charge is 0.370 e. The molecule has 1 aromatic rings. The molecule has 1 heterocycles. The second kappa shape index (κ2) is 7.35. The third-order valence-electron chi connectivity index (χ3n) is 2.46. The van der Waals surface area contributed by atoms with Crippen LogP contribution in [0.2, 0.25) is 0 Å². The number of carbonyl (C=O) groups is 2. The Bertz CT molecular complexity index is 422. The molecule has 0 aliphatic rings. The maximum Gasteiger partial charge on any atom is 0.240 e. The van der Waals surface area contributed by atoms with Crippen LogP contribution in [0.15, 0.2) is 11.4 Å². The van der Waals surface area contributed by atoms with Gasteiger partial charge in [-0.2, -0.15) is 0 Å². The van der Waals surface area contributed by atoms with E-state index in [4.69, 9.17) is 11.5 Å². The van der Waals surface area contributed by atoms with Crippen molar-refractivity contribution in [3.05, 3.63) is 21.9 Å². The van der Waals surface area contributed by atoms with E-state index in [-0.39, 0.29) is 24.7 Å². The van der Waals surface area contributed by atoms with E-state index in [0.29, 0.717) is 6.54 Å². The Morgan fingerprint density at radius 1 is 1.50 bits per heavy atom. The maximum atomic E-state index is 11.8. The fraction of sp³-hybridized carbons (Fsp3) is 0.455. The van der Waals surface area contributed by atoms with E-state index in [1.165, 1.54) is 4.90 Å². The molecule has 1 atom stereocenters. The lowest BCUT2D eigenvalue weighted by atomic mass is 10.2. The SMILES string of the molecule is Cc1ccsc1CN(C)C(=O)C(N)CC(N)=O.Cl. The van der Waals surface area contributed by atoms with Crippen LogP contribution in [0.5, 0.6) is 0 Å². The highest BCUT2D eigenvalue weighted by atomic mass is 35.5. The molecule has 0 aromatic carbocycles. The number of halogens is 1. The summed E-state index contributed by atoms with van der Waals surface area (Å²) in [7, 11) is 1.67. The van der Waals surface area contributed by atoms with Crippen LogP contribution in [0.1, 0.15) is 16.9 Å². The molecule has 0 aliphatic carbocycles. The van der Waals surface area contributed by atoms with Crippen molar-refractivity contribution in [2.24, 2.45) is 11.5 Å². The van der Waals surface area contributed by atoms with Crippen molar-refractivity contribution in [2.45, 2.75) is 25.9 Å². The number of likely N-dealkylation sites (N-methyl/N-ethyl adjacent to an activating group) is 1. The van der Waals surface area contributed by atoms with Crippen LogP contribution >= 0.6 is 23.7 Å². The highest BCUT2D eigenvalue weighted by molar-refractivity contribution is 7.10. The minimum absolute atomic E-state index is 0. The van der Waals surface area contributed by atoms with Crippen molar-refractivity contribution >= 4 is 35.6 Å². The van der Waals surface area contributed by atoms with E-state index in [1.54, 1.807) is 18.4 Å². The predicted molar refractivity (Wildman–Crippen MR) is 74.6 cm³/mol. The maximum absolute atomic E-state index is 11.8. The zero-order chi connectivity index (χ0) is 13.0. The summed E-state index contributed by atoms with van der Waals surface area (Å²) in [5, 5.41) is 1.98. The molecule has 102 valence electrons. The van der Waals surface area contributed by atoms with Gasteiger partial charge in [-0.05, 0) is 23.9 Å². The smallest absolute Gasteiger partial charge is 0.240 e. The van der Waals surface area contributed by atoms with Crippen molar-refractivity contribution in [1.82, 2.24) is 4.90 Å². The number of rotatable bonds is 5. The molecule has 1 unspecified atom stereocenters. The van der Waals surface area contributed by atoms with Crippen molar-refractivity contribution in [3.63, 3.8) is 0 Å². The van der Waals surface area contributed by atoms with Crippen molar-refractivity contribution in [2.75, 3.05) is 7.05 Å². The average molecular weight is 292 g/mol. The van der Waals surface area contributed by atoms with Gasteiger partial charge in [0.25, 0.3) is 0 Å². The van der Waals surface area contributed by atoms with Gasteiger partial charge in [0.1, 0.15) is 0 Å². The minimum atomic E-state index is -0.849. The number of amides is 2. The second-order valence-electron chi connectivity index (χ2n) is 4.00. The van der Waals surface area contributed by atoms with Crippen LogP contribution in [0.25, 0.3) is 0 Å². The van der Waals surface area contributed by atoms with Crippen LogP contribution in [-0.2, 0) is 16.1 Å². The van der Waals surface area contributed by atoms with Gasteiger partial charge in [0, 0.05) is 11.9 Å². The molecule has 1 rings (SSSR count). The van der Waals surface area contributed by atoms with Gasteiger partial charge in [-0.25, -0.2) is 0 Å². The Labute approximate surface area is 117 Å². The van der Waals surface area contributed by atoms with Gasteiger partial charge in [-0.1, -0.05) is 0 Å². The third-order valence-corrected chi connectivity index (χ3v) is 3.47. The zero-order valence-electron chi connectivity index (χ0n) is 10.4. The molecule has 0 fully saturated rings. The molecule has 0 bridgehead atoms. The topological polar surface area (TPSA) is 89.4 Å². The highest BCUT2D eigenvalue weighted by Crippen LogP contribution is 2.17. The summed E-state index contributed by atoms with van der Waals surface area (Å²) >= 11 is 1.59. The fourth-order valence-corrected chi connectivity index (χ4v) is 2.41. The molecule has 5 nitrogen and oxygen atoms in total. The van der Waals surface area contributed by atoms with Crippen molar-refractivity contribution in [1.29, 1.82) is 0 Å². The number of hydrogen-bond donors (Lipinski definition) is 2. The lowest BCUT2D eigenvalue weighted by Gasteiger charge is -2.20. The molecule has 0 aliphatic heterocycles. The first-order valence-electron chi connectivity index (χ1n) is 5.23. The monoisotopic (exact) mass is 291 g/mol. The Morgan fingerprint density at radius 3 is 2.56 bits per heavy atom. The summed E-state index contributed by atoms with van der Waals surface area (Å²) in [4.78, 5) is 25.1. The minimum Gasteiger partial charge on any atom is -0.370 e. The molecule has 0 saturated carbocycles. The molecule has 2 amide bonds. The van der Waals surface area contributed by atoms with E-state index in [2.05, 4.69) is 0 Å². The molecule has 0 spiro atoms. The molecule has 4 N–H and O–H groups in total. The quantitative estimate of drug-likeness (QED) is 0.834. The Hall–Kier alpha value is -1.11. The number of primary amides is 1. The van der Waals surface area contributed by atoms with Crippen LogP contribution in [0.3, 0.4) is 0 Å². The summed E-state index contributed by atoms with van der Waals surface area (Å²) < 4.78 is 0. The van der Waals surface area contributed by atoms with Gasteiger partial charge in [0.05, 0.1) is 19.0 Å². The standard InChI is InChI=1S/C11H17N3O2S.ClH/c1-7-3-4-17-9(7)6-14(2)11(16)8(12)5-10(13)15;/h3-4,8H,5-6,12H2,1-2H3,(H2,13,15);1H. The third kappa shape index (κ3) is 4.64. The van der Waals surface area contributed by atoms with Gasteiger partial charge in [-0.3, -0.25) is 9.59 Å². The molecular formula is C11H18ClN3O2S. The Balaban J connectivity index is 0.00000289. The molecule has 0 radical (unpaired) electrons. The first kappa shape index (κ1) is 16.9. The van der Waals surface area contributed by atoms with Gasteiger partial charge in [-0.15, -0.1) is 23.7 Å². The number of thiophene rings is 1. The van der Waals surface area contributed by atoms with Gasteiger partial charge in [0.2, 0.25) is 11.8 Å². The van der Waals surface area contributed by atoms with Crippen LogP contribution < -0.4 is 11.5 Å². The average Bonchev–Trinajstić information content (AvgIpc) is 2.62. The van der Waals surface area contributed by atoms with E-state index >= 15 is 0 Å². The first-order valence-corrected chi connectivity index (χ1v) is 6.11. The predicted octanol–water partition coefficient (Wildman–Crippen LogP) is 0.639. The van der Waals surface area contributed by atoms with Gasteiger partial charge < -0.3 is 16.4 Å². The van der Waals surface area contributed by atoms with E-state index in [0.717, 1.165) is 10.4 Å². The highest BCUT2D eigenvalue weighted by Gasteiger charge is 2.20. The van der Waals surface area contributed by atoms with Crippen molar-refractivity contribution < 1.29 is 9.59 Å². The molecule has 1 aromatic heterocycles.